The van der Waals surface area contributed by atoms with Crippen LogP contribution in [0.1, 0.15) is 11.3 Å². The van der Waals surface area contributed by atoms with E-state index < -0.39 is 5.82 Å². The summed E-state index contributed by atoms with van der Waals surface area (Å²) in [5, 5.41) is 7.52. The Bertz CT molecular complexity index is 612. The Balaban J connectivity index is 2.15. The Hall–Kier alpha value is -1.10. The van der Waals surface area contributed by atoms with E-state index in [1.54, 1.807) is 0 Å². The maximum atomic E-state index is 13.5. The number of halogens is 3. The lowest BCUT2D eigenvalue weighted by atomic mass is 10.0. The second-order valence-corrected chi connectivity index (χ2v) is 4.89. The average Bonchev–Trinajstić information content (AvgIpc) is 2.78. The summed E-state index contributed by atoms with van der Waals surface area (Å²) >= 11 is 11.8. The number of nitrogens with one attached hydrogen (secondary N) is 1. The van der Waals surface area contributed by atoms with Crippen molar-refractivity contribution in [3.63, 3.8) is 0 Å². The van der Waals surface area contributed by atoms with Crippen LogP contribution in [0.25, 0.3) is 11.3 Å². The molecule has 94 valence electrons. The fraction of sp³-hybridized carbons (Fsp3) is 0.250. The zero-order valence-corrected chi connectivity index (χ0v) is 10.8. The van der Waals surface area contributed by atoms with Gasteiger partial charge in [0.25, 0.3) is 0 Å². The fourth-order valence-electron chi connectivity index (χ4n) is 2.04. The molecular formula is C12H9Cl2FN2O. The Morgan fingerprint density at radius 2 is 2.11 bits per heavy atom. The van der Waals surface area contributed by atoms with Crippen LogP contribution in [-0.2, 0) is 17.8 Å². The van der Waals surface area contributed by atoms with Crippen LogP contribution < -0.4 is 0 Å². The molecule has 0 bridgehead atoms. The van der Waals surface area contributed by atoms with Gasteiger partial charge in [-0.2, -0.15) is 5.10 Å². The molecule has 1 aromatic carbocycles. The van der Waals surface area contributed by atoms with Crippen molar-refractivity contribution in [1.82, 2.24) is 10.2 Å². The third-order valence-corrected chi connectivity index (χ3v) is 3.56. The monoisotopic (exact) mass is 286 g/mol. The van der Waals surface area contributed by atoms with Gasteiger partial charge < -0.3 is 4.74 Å². The molecule has 1 aliphatic heterocycles. The summed E-state index contributed by atoms with van der Waals surface area (Å²) in [5.74, 6) is -0.510. The van der Waals surface area contributed by atoms with Gasteiger partial charge in [0.2, 0.25) is 0 Å². The average molecular weight is 287 g/mol. The third-order valence-electron chi connectivity index (χ3n) is 2.96. The summed E-state index contributed by atoms with van der Waals surface area (Å²) in [4.78, 5) is 0. The second kappa shape index (κ2) is 4.53. The molecule has 1 N–H and O–H groups in total. The van der Waals surface area contributed by atoms with Gasteiger partial charge in [-0.1, -0.05) is 23.2 Å². The van der Waals surface area contributed by atoms with Crippen LogP contribution in [-0.4, -0.2) is 16.8 Å². The highest BCUT2D eigenvalue weighted by molar-refractivity contribution is 6.36. The zero-order valence-electron chi connectivity index (χ0n) is 9.27. The van der Waals surface area contributed by atoms with E-state index in [9.17, 15) is 4.39 Å². The quantitative estimate of drug-likeness (QED) is 0.814. The summed E-state index contributed by atoms with van der Waals surface area (Å²) in [7, 11) is 0. The molecule has 0 saturated carbocycles. The van der Waals surface area contributed by atoms with Gasteiger partial charge in [-0.15, -0.1) is 0 Å². The molecule has 0 atom stereocenters. The summed E-state index contributed by atoms with van der Waals surface area (Å²) in [5.41, 5.74) is 3.11. The third kappa shape index (κ3) is 1.90. The highest BCUT2D eigenvalue weighted by atomic mass is 35.5. The summed E-state index contributed by atoms with van der Waals surface area (Å²) in [6.45, 7) is 1.12. The van der Waals surface area contributed by atoms with E-state index >= 15 is 0 Å². The predicted octanol–water partition coefficient (Wildman–Crippen LogP) is 3.60. The molecule has 1 aliphatic rings. The molecule has 0 aliphatic carbocycles. The first-order valence-corrected chi connectivity index (χ1v) is 6.21. The van der Waals surface area contributed by atoms with Crippen LogP contribution >= 0.6 is 23.2 Å². The molecule has 0 unspecified atom stereocenters. The van der Waals surface area contributed by atoms with Crippen molar-refractivity contribution in [1.29, 1.82) is 0 Å². The molecule has 2 aromatic rings. The van der Waals surface area contributed by atoms with E-state index in [-0.39, 0.29) is 5.02 Å². The normalized spacial score (nSPS) is 14.6. The van der Waals surface area contributed by atoms with Gasteiger partial charge in [0.05, 0.1) is 29.0 Å². The number of hydrogen-bond acceptors (Lipinski definition) is 2. The molecule has 18 heavy (non-hydrogen) atoms. The number of fused-ring (bicyclic) bond motifs is 1. The van der Waals surface area contributed by atoms with Crippen molar-refractivity contribution in [3.8, 4) is 11.3 Å². The lowest BCUT2D eigenvalue weighted by molar-refractivity contribution is 0.110. The maximum Gasteiger partial charge on any atom is 0.142 e. The number of rotatable bonds is 1. The predicted molar refractivity (Wildman–Crippen MR) is 67.4 cm³/mol. The van der Waals surface area contributed by atoms with E-state index in [4.69, 9.17) is 27.9 Å². The Kier molecular flexibility index (Phi) is 3.01. The highest BCUT2D eigenvalue weighted by Gasteiger charge is 2.21. The van der Waals surface area contributed by atoms with Gasteiger partial charge >= 0.3 is 0 Å². The van der Waals surface area contributed by atoms with Crippen molar-refractivity contribution in [2.24, 2.45) is 0 Å². The number of nitrogens with zero attached hydrogens (tertiary/aromatic N) is 1. The molecule has 0 amide bonds. The number of benzene rings is 1. The molecule has 0 radical (unpaired) electrons. The van der Waals surface area contributed by atoms with Crippen molar-refractivity contribution in [2.75, 3.05) is 6.61 Å². The summed E-state index contributed by atoms with van der Waals surface area (Å²) < 4.78 is 18.9. The van der Waals surface area contributed by atoms with E-state index in [2.05, 4.69) is 10.2 Å². The molecule has 2 heterocycles. The van der Waals surface area contributed by atoms with Gasteiger partial charge in [-0.3, -0.25) is 5.10 Å². The van der Waals surface area contributed by atoms with Gasteiger partial charge in [0.15, 0.2) is 0 Å². The van der Waals surface area contributed by atoms with Crippen molar-refractivity contribution in [2.45, 2.75) is 13.0 Å². The minimum Gasteiger partial charge on any atom is -0.376 e. The molecular weight excluding hydrogens is 278 g/mol. The number of ether oxygens (including phenoxy) is 1. The summed E-state index contributed by atoms with van der Waals surface area (Å²) in [6.07, 6.45) is 0.774. The van der Waals surface area contributed by atoms with Gasteiger partial charge in [0, 0.05) is 23.2 Å². The first-order valence-electron chi connectivity index (χ1n) is 5.45. The fourth-order valence-corrected chi connectivity index (χ4v) is 2.51. The Morgan fingerprint density at radius 1 is 1.28 bits per heavy atom. The molecule has 0 fully saturated rings. The first-order chi connectivity index (χ1) is 8.66. The van der Waals surface area contributed by atoms with Crippen LogP contribution in [0, 0.1) is 5.82 Å². The molecule has 0 spiro atoms. The van der Waals surface area contributed by atoms with Crippen molar-refractivity contribution in [3.05, 3.63) is 39.3 Å². The highest BCUT2D eigenvalue weighted by Crippen LogP contribution is 2.35. The minimum absolute atomic E-state index is 0.00408. The number of aromatic nitrogens is 2. The van der Waals surface area contributed by atoms with E-state index in [0.29, 0.717) is 29.5 Å². The van der Waals surface area contributed by atoms with Gasteiger partial charge in [-0.25, -0.2) is 4.39 Å². The van der Waals surface area contributed by atoms with Crippen molar-refractivity contribution < 1.29 is 9.13 Å². The smallest absolute Gasteiger partial charge is 0.142 e. The van der Waals surface area contributed by atoms with E-state index in [0.717, 1.165) is 17.7 Å². The SMILES string of the molecule is Fc1cc(-c2n[nH]c3c2COCC3)c(Cl)cc1Cl. The van der Waals surface area contributed by atoms with Crippen LogP contribution in [0.2, 0.25) is 10.0 Å². The van der Waals surface area contributed by atoms with E-state index in [1.807, 2.05) is 0 Å². The second-order valence-electron chi connectivity index (χ2n) is 4.08. The number of H-pyrrole nitrogens is 1. The topological polar surface area (TPSA) is 37.9 Å². The minimum atomic E-state index is -0.510. The molecule has 3 nitrogen and oxygen atoms in total. The molecule has 0 saturated heterocycles. The van der Waals surface area contributed by atoms with Crippen LogP contribution in [0.4, 0.5) is 4.39 Å². The lowest BCUT2D eigenvalue weighted by Gasteiger charge is -2.13. The molecule has 1 aromatic heterocycles. The van der Waals surface area contributed by atoms with Crippen LogP contribution in [0.15, 0.2) is 12.1 Å². The Labute approximate surface area is 113 Å². The Morgan fingerprint density at radius 3 is 2.94 bits per heavy atom. The summed E-state index contributed by atoms with van der Waals surface area (Å²) in [6, 6.07) is 2.69. The lowest BCUT2D eigenvalue weighted by Crippen LogP contribution is -2.09. The van der Waals surface area contributed by atoms with Gasteiger partial charge in [0.1, 0.15) is 5.82 Å². The zero-order chi connectivity index (χ0) is 12.7. The first kappa shape index (κ1) is 12.0. The largest absolute Gasteiger partial charge is 0.376 e. The maximum absolute atomic E-state index is 13.5. The standard InChI is InChI=1S/C12H9Cl2FN2O/c13-8-4-9(14)10(15)3-6(8)12-7-5-18-2-1-11(7)16-17-12/h3-4H,1-2,5H2,(H,16,17). The van der Waals surface area contributed by atoms with Crippen LogP contribution in [0.5, 0.6) is 0 Å². The molecule has 6 heteroatoms. The van der Waals surface area contributed by atoms with Gasteiger partial charge in [-0.05, 0) is 12.1 Å². The number of aromatic amines is 1. The molecule has 3 rings (SSSR count). The van der Waals surface area contributed by atoms with Crippen LogP contribution in [0.3, 0.4) is 0 Å². The van der Waals surface area contributed by atoms with Crippen molar-refractivity contribution >= 4 is 23.2 Å². The van der Waals surface area contributed by atoms with E-state index in [1.165, 1.54) is 12.1 Å². The number of hydrogen-bond donors (Lipinski definition) is 1.